The third kappa shape index (κ3) is 4.68. The molecule has 28 heavy (non-hydrogen) atoms. The van der Waals surface area contributed by atoms with Crippen molar-refractivity contribution in [1.29, 1.82) is 0 Å². The molecule has 0 aliphatic carbocycles. The van der Waals surface area contributed by atoms with E-state index in [9.17, 15) is 14.0 Å². The summed E-state index contributed by atoms with van der Waals surface area (Å²) in [7, 11) is 1.63. The van der Waals surface area contributed by atoms with E-state index in [1.165, 1.54) is 11.0 Å². The van der Waals surface area contributed by atoms with E-state index in [-0.39, 0.29) is 23.4 Å². The van der Waals surface area contributed by atoms with Crippen molar-refractivity contribution in [3.05, 3.63) is 53.8 Å². The van der Waals surface area contributed by atoms with E-state index in [1.807, 2.05) is 31.2 Å². The minimum Gasteiger partial charge on any atom is -0.496 e. The Kier molecular flexibility index (Phi) is 6.29. The molecule has 0 saturated carbocycles. The second-order valence-corrected chi connectivity index (χ2v) is 7.19. The summed E-state index contributed by atoms with van der Waals surface area (Å²) >= 11 is 0. The Balaban J connectivity index is 1.58. The van der Waals surface area contributed by atoms with Crippen LogP contribution in [0.3, 0.4) is 0 Å². The molecule has 2 aromatic carbocycles. The Hall–Kier alpha value is -2.89. The summed E-state index contributed by atoms with van der Waals surface area (Å²) in [6.07, 6.45) is 2.21. The second-order valence-electron chi connectivity index (χ2n) is 7.19. The van der Waals surface area contributed by atoms with E-state index in [1.54, 1.807) is 19.2 Å². The highest BCUT2D eigenvalue weighted by Crippen LogP contribution is 2.27. The van der Waals surface area contributed by atoms with Crippen molar-refractivity contribution in [2.24, 2.45) is 5.92 Å². The molecule has 1 fully saturated rings. The molecule has 1 atom stereocenters. The smallest absolute Gasteiger partial charge is 0.227 e. The van der Waals surface area contributed by atoms with Gasteiger partial charge in [0, 0.05) is 25.1 Å². The predicted octanol–water partition coefficient (Wildman–Crippen LogP) is 4.17. The molecule has 3 rings (SSSR count). The number of ether oxygens (including phenoxy) is 1. The largest absolute Gasteiger partial charge is 0.496 e. The van der Waals surface area contributed by atoms with Gasteiger partial charge in [-0.2, -0.15) is 0 Å². The van der Waals surface area contributed by atoms with Crippen LogP contribution in [0.15, 0.2) is 42.5 Å². The number of rotatable bonds is 7. The summed E-state index contributed by atoms with van der Waals surface area (Å²) in [4.78, 5) is 25.6. The van der Waals surface area contributed by atoms with Gasteiger partial charge in [0.05, 0.1) is 12.8 Å². The summed E-state index contributed by atoms with van der Waals surface area (Å²) in [5.74, 6) is 0.161. The third-order valence-electron chi connectivity index (χ3n) is 4.89. The first-order valence-corrected chi connectivity index (χ1v) is 9.49. The van der Waals surface area contributed by atoms with Gasteiger partial charge in [-0.3, -0.25) is 9.59 Å². The average molecular weight is 384 g/mol. The van der Waals surface area contributed by atoms with Gasteiger partial charge in [0.15, 0.2) is 0 Å². The Morgan fingerprint density at radius 1 is 1.29 bits per heavy atom. The number of methoxy groups -OCH3 is 1. The third-order valence-corrected chi connectivity index (χ3v) is 4.89. The molecule has 148 valence electrons. The van der Waals surface area contributed by atoms with Crippen LogP contribution in [0.1, 0.15) is 31.7 Å². The van der Waals surface area contributed by atoms with E-state index >= 15 is 0 Å². The Morgan fingerprint density at radius 3 is 2.75 bits per heavy atom. The number of para-hydroxylation sites is 1. The topological polar surface area (TPSA) is 58.6 Å². The molecule has 0 radical (unpaired) electrons. The lowest BCUT2D eigenvalue weighted by atomic mass is 9.97. The number of hydrogen-bond acceptors (Lipinski definition) is 3. The number of halogens is 1. The van der Waals surface area contributed by atoms with Crippen molar-refractivity contribution in [3.63, 3.8) is 0 Å². The minimum absolute atomic E-state index is 0.0687. The lowest BCUT2D eigenvalue weighted by Crippen LogP contribution is -2.24. The van der Waals surface area contributed by atoms with Crippen LogP contribution in [0.2, 0.25) is 0 Å². The molecule has 1 saturated heterocycles. The van der Waals surface area contributed by atoms with Gasteiger partial charge in [-0.25, -0.2) is 4.39 Å². The molecular weight excluding hydrogens is 359 g/mol. The lowest BCUT2D eigenvalue weighted by molar-refractivity contribution is -0.117. The van der Waals surface area contributed by atoms with Crippen LogP contribution in [0.5, 0.6) is 5.75 Å². The number of anilines is 2. The Bertz CT molecular complexity index is 869. The van der Waals surface area contributed by atoms with Gasteiger partial charge in [0.1, 0.15) is 11.6 Å². The standard InChI is InChI=1S/C22H25FN2O3/c1-15(12-16-6-3-4-7-20(16)28-2)13-21(26)24-17-9-10-19(18(23)14-17)25-11-5-8-22(25)27/h3-4,6-7,9-10,14-15H,5,8,11-13H2,1-2H3,(H,24,26). The van der Waals surface area contributed by atoms with Gasteiger partial charge < -0.3 is 15.0 Å². The number of nitrogens with one attached hydrogen (secondary N) is 1. The van der Waals surface area contributed by atoms with Crippen molar-refractivity contribution in [1.82, 2.24) is 0 Å². The van der Waals surface area contributed by atoms with Crippen LogP contribution in [-0.2, 0) is 16.0 Å². The molecule has 0 spiro atoms. The number of carbonyl (C=O) groups is 2. The molecule has 1 N–H and O–H groups in total. The number of benzene rings is 2. The number of amides is 2. The van der Waals surface area contributed by atoms with Crippen LogP contribution in [0.25, 0.3) is 0 Å². The molecule has 2 amide bonds. The first-order valence-electron chi connectivity index (χ1n) is 9.49. The van der Waals surface area contributed by atoms with Gasteiger partial charge in [-0.05, 0) is 48.6 Å². The highest BCUT2D eigenvalue weighted by atomic mass is 19.1. The maximum absolute atomic E-state index is 14.4. The first kappa shape index (κ1) is 19.9. The normalized spacial score (nSPS) is 14.8. The van der Waals surface area contributed by atoms with Crippen molar-refractivity contribution in [2.45, 2.75) is 32.6 Å². The van der Waals surface area contributed by atoms with E-state index in [0.717, 1.165) is 17.7 Å². The lowest BCUT2D eigenvalue weighted by Gasteiger charge is -2.17. The molecule has 5 nitrogen and oxygen atoms in total. The maximum Gasteiger partial charge on any atom is 0.227 e. The van der Waals surface area contributed by atoms with Crippen molar-refractivity contribution >= 4 is 23.2 Å². The Labute approximate surface area is 164 Å². The molecule has 0 bridgehead atoms. The average Bonchev–Trinajstić information content (AvgIpc) is 3.07. The summed E-state index contributed by atoms with van der Waals surface area (Å²) in [6.45, 7) is 2.52. The zero-order chi connectivity index (χ0) is 20.1. The number of nitrogens with zero attached hydrogens (tertiary/aromatic N) is 1. The summed E-state index contributed by atoms with van der Waals surface area (Å²) in [5.41, 5.74) is 1.71. The van der Waals surface area contributed by atoms with Crippen molar-refractivity contribution < 1.29 is 18.7 Å². The molecule has 1 unspecified atom stereocenters. The van der Waals surface area contributed by atoms with Crippen LogP contribution in [0, 0.1) is 11.7 Å². The van der Waals surface area contributed by atoms with E-state index < -0.39 is 5.82 Å². The maximum atomic E-state index is 14.4. The summed E-state index contributed by atoms with van der Waals surface area (Å²) in [5, 5.41) is 2.74. The molecule has 6 heteroatoms. The van der Waals surface area contributed by atoms with Gasteiger partial charge >= 0.3 is 0 Å². The van der Waals surface area contributed by atoms with Crippen LogP contribution in [0.4, 0.5) is 15.8 Å². The van der Waals surface area contributed by atoms with E-state index in [4.69, 9.17) is 4.74 Å². The SMILES string of the molecule is COc1ccccc1CC(C)CC(=O)Nc1ccc(N2CCCC2=O)c(F)c1. The fourth-order valence-corrected chi connectivity index (χ4v) is 3.55. The fraction of sp³-hybridized carbons (Fsp3) is 0.364. The molecular formula is C22H25FN2O3. The number of hydrogen-bond donors (Lipinski definition) is 1. The fourth-order valence-electron chi connectivity index (χ4n) is 3.55. The number of carbonyl (C=O) groups excluding carboxylic acids is 2. The zero-order valence-electron chi connectivity index (χ0n) is 16.2. The summed E-state index contributed by atoms with van der Waals surface area (Å²) in [6, 6.07) is 12.2. The van der Waals surface area contributed by atoms with E-state index in [0.29, 0.717) is 31.5 Å². The van der Waals surface area contributed by atoms with E-state index in [2.05, 4.69) is 5.32 Å². The monoisotopic (exact) mass is 384 g/mol. The van der Waals surface area contributed by atoms with Gasteiger partial charge in [-0.15, -0.1) is 0 Å². The highest BCUT2D eigenvalue weighted by molar-refractivity contribution is 5.96. The van der Waals surface area contributed by atoms with Crippen molar-refractivity contribution in [3.8, 4) is 5.75 Å². The quantitative estimate of drug-likeness (QED) is 0.780. The predicted molar refractivity (Wildman–Crippen MR) is 107 cm³/mol. The molecule has 1 heterocycles. The molecule has 1 aliphatic rings. The minimum atomic E-state index is -0.505. The first-order chi connectivity index (χ1) is 13.5. The van der Waals surface area contributed by atoms with Crippen LogP contribution < -0.4 is 15.0 Å². The Morgan fingerprint density at radius 2 is 2.07 bits per heavy atom. The van der Waals surface area contributed by atoms with Gasteiger partial charge in [0.25, 0.3) is 0 Å². The van der Waals surface area contributed by atoms with Crippen LogP contribution in [-0.4, -0.2) is 25.5 Å². The zero-order valence-corrected chi connectivity index (χ0v) is 16.2. The molecule has 1 aliphatic heterocycles. The summed E-state index contributed by atoms with van der Waals surface area (Å²) < 4.78 is 19.8. The van der Waals surface area contributed by atoms with Crippen LogP contribution >= 0.6 is 0 Å². The second kappa shape index (κ2) is 8.87. The molecule has 2 aromatic rings. The van der Waals surface area contributed by atoms with Gasteiger partial charge in [-0.1, -0.05) is 25.1 Å². The highest BCUT2D eigenvalue weighted by Gasteiger charge is 2.24. The van der Waals surface area contributed by atoms with Gasteiger partial charge in [0.2, 0.25) is 11.8 Å². The van der Waals surface area contributed by atoms with Crippen molar-refractivity contribution in [2.75, 3.05) is 23.9 Å². The molecule has 0 aromatic heterocycles.